The lowest BCUT2D eigenvalue weighted by molar-refractivity contribution is 0.0526. The van der Waals surface area contributed by atoms with E-state index < -0.39 is 19.4 Å². The van der Waals surface area contributed by atoms with E-state index in [1.54, 1.807) is 0 Å². The fourth-order valence-electron chi connectivity index (χ4n) is 0.635. The number of nitrogens with zero attached hydrogens (tertiary/aromatic N) is 1. The summed E-state index contributed by atoms with van der Waals surface area (Å²) in [6.45, 7) is -6.06. The Labute approximate surface area is 85.9 Å². The summed E-state index contributed by atoms with van der Waals surface area (Å²) in [5.41, 5.74) is 0.0139. The van der Waals surface area contributed by atoms with Gasteiger partial charge in [0.15, 0.2) is 0 Å². The van der Waals surface area contributed by atoms with E-state index in [9.17, 15) is 4.79 Å². The molecule has 1 heterocycles. The van der Waals surface area contributed by atoms with Crippen molar-refractivity contribution in [1.82, 2.24) is 4.98 Å². The Hall–Kier alpha value is -0.900. The first-order chi connectivity index (χ1) is 7.63. The van der Waals surface area contributed by atoms with Crippen LogP contribution in [0.25, 0.3) is 0 Å². The predicted molar refractivity (Wildman–Crippen MR) is 47.9 cm³/mol. The van der Waals surface area contributed by atoms with Crippen molar-refractivity contribution >= 4 is 21.9 Å². The summed E-state index contributed by atoms with van der Waals surface area (Å²) < 4.78 is 39.7. The highest BCUT2D eigenvalue weighted by molar-refractivity contribution is 9.10. The van der Waals surface area contributed by atoms with E-state index in [1.165, 1.54) is 18.3 Å². The number of hydrogen-bond donors (Lipinski definition) is 0. The average Bonchev–Trinajstić information content (AvgIpc) is 2.15. The average molecular weight is 235 g/mol. The molecule has 0 spiro atoms. The Morgan fingerprint density at radius 2 is 2.83 bits per heavy atom. The van der Waals surface area contributed by atoms with Crippen molar-refractivity contribution in [3.63, 3.8) is 0 Å². The molecule has 1 aromatic rings. The maximum absolute atomic E-state index is 11.5. The molecule has 1 aromatic heterocycles. The Morgan fingerprint density at radius 1 is 2.00 bits per heavy atom. The van der Waals surface area contributed by atoms with E-state index in [4.69, 9.17) is 6.85 Å². The molecular weight excluding hydrogens is 222 g/mol. The quantitative estimate of drug-likeness (QED) is 0.581. The van der Waals surface area contributed by atoms with Gasteiger partial charge in [0.2, 0.25) is 0 Å². The number of ether oxygens (including phenoxy) is 1. The SMILES string of the molecule is [2H]C([2H])([2H])C([2H])([2H])OC(=O)c1ccnc(Br)c1. The molecular formula is C8H8BrNO2. The molecule has 12 heavy (non-hydrogen) atoms. The normalized spacial score (nSPS) is 17.9. The van der Waals surface area contributed by atoms with Crippen LogP contribution in [0.4, 0.5) is 0 Å². The van der Waals surface area contributed by atoms with Gasteiger partial charge < -0.3 is 4.74 Å². The first-order valence-corrected chi connectivity index (χ1v) is 3.78. The predicted octanol–water partition coefficient (Wildman–Crippen LogP) is 2.02. The number of aromatic nitrogens is 1. The van der Waals surface area contributed by atoms with Crippen LogP contribution in [0.3, 0.4) is 0 Å². The molecule has 0 fully saturated rings. The number of esters is 1. The Kier molecular flexibility index (Phi) is 1.53. The summed E-state index contributed by atoms with van der Waals surface area (Å²) in [4.78, 5) is 15.3. The van der Waals surface area contributed by atoms with Gasteiger partial charge in [-0.2, -0.15) is 0 Å². The molecule has 0 N–H and O–H groups in total. The van der Waals surface area contributed by atoms with Crippen molar-refractivity contribution in [3.8, 4) is 0 Å². The molecule has 0 saturated heterocycles. The lowest BCUT2D eigenvalue weighted by atomic mass is 10.3. The summed E-state index contributed by atoms with van der Waals surface area (Å²) in [7, 11) is 0. The summed E-state index contributed by atoms with van der Waals surface area (Å²) >= 11 is 3.03. The number of carbonyl (C=O) groups excluding carboxylic acids is 1. The first-order valence-electron chi connectivity index (χ1n) is 5.48. The summed E-state index contributed by atoms with van der Waals surface area (Å²) in [5, 5.41) is 0. The van der Waals surface area contributed by atoms with Gasteiger partial charge in [0.1, 0.15) is 4.60 Å². The number of pyridine rings is 1. The lowest BCUT2D eigenvalue weighted by Gasteiger charge is -2.00. The van der Waals surface area contributed by atoms with E-state index in [0.717, 1.165) is 0 Å². The lowest BCUT2D eigenvalue weighted by Crippen LogP contribution is -2.04. The molecule has 0 saturated carbocycles. The molecule has 0 unspecified atom stereocenters. The van der Waals surface area contributed by atoms with Crippen molar-refractivity contribution in [2.75, 3.05) is 6.56 Å². The van der Waals surface area contributed by atoms with Crippen LogP contribution in [-0.4, -0.2) is 17.5 Å². The molecule has 4 heteroatoms. The summed E-state index contributed by atoms with van der Waals surface area (Å²) in [6.07, 6.45) is 1.31. The zero-order valence-corrected chi connectivity index (χ0v) is 7.46. The van der Waals surface area contributed by atoms with Crippen molar-refractivity contribution in [2.24, 2.45) is 0 Å². The third kappa shape index (κ3) is 2.30. The molecule has 0 bridgehead atoms. The standard InChI is InChI=1S/C8H8BrNO2/c1-2-12-8(11)6-3-4-10-7(9)5-6/h3-5H,2H2,1H3/i1D3,2D2. The minimum Gasteiger partial charge on any atom is -0.462 e. The van der Waals surface area contributed by atoms with E-state index in [2.05, 4.69) is 25.7 Å². The van der Waals surface area contributed by atoms with Crippen molar-refractivity contribution in [3.05, 3.63) is 28.5 Å². The van der Waals surface area contributed by atoms with Gasteiger partial charge in [-0.3, -0.25) is 0 Å². The van der Waals surface area contributed by atoms with E-state index in [-0.39, 0.29) is 5.56 Å². The van der Waals surface area contributed by atoms with Gasteiger partial charge in [-0.15, -0.1) is 0 Å². The van der Waals surface area contributed by atoms with Crippen molar-refractivity contribution < 1.29 is 16.4 Å². The zero-order valence-electron chi connectivity index (χ0n) is 10.9. The molecule has 0 aliphatic carbocycles. The van der Waals surface area contributed by atoms with E-state index in [1.807, 2.05) is 0 Å². The van der Waals surface area contributed by atoms with Gasteiger partial charge in [-0.1, -0.05) is 0 Å². The molecule has 0 radical (unpaired) electrons. The van der Waals surface area contributed by atoms with Crippen LogP contribution >= 0.6 is 15.9 Å². The van der Waals surface area contributed by atoms with Crippen LogP contribution in [0.1, 0.15) is 24.1 Å². The van der Waals surface area contributed by atoms with Gasteiger partial charge in [0.05, 0.1) is 14.9 Å². The third-order valence-electron chi connectivity index (χ3n) is 1.11. The van der Waals surface area contributed by atoms with Crippen molar-refractivity contribution in [2.45, 2.75) is 6.85 Å². The molecule has 0 aliphatic rings. The Balaban J connectivity index is 2.87. The molecule has 0 aromatic carbocycles. The van der Waals surface area contributed by atoms with Gasteiger partial charge in [-0.05, 0) is 34.9 Å². The minimum absolute atomic E-state index is 0.0139. The van der Waals surface area contributed by atoms with E-state index >= 15 is 0 Å². The largest absolute Gasteiger partial charge is 0.462 e. The van der Waals surface area contributed by atoms with Crippen LogP contribution in [-0.2, 0) is 4.74 Å². The van der Waals surface area contributed by atoms with Gasteiger partial charge in [0.25, 0.3) is 0 Å². The topological polar surface area (TPSA) is 39.2 Å². The zero-order chi connectivity index (χ0) is 13.3. The fourth-order valence-corrected chi connectivity index (χ4v) is 1.000. The fraction of sp³-hybridized carbons (Fsp3) is 0.250. The van der Waals surface area contributed by atoms with Gasteiger partial charge in [0, 0.05) is 10.3 Å². The van der Waals surface area contributed by atoms with Crippen LogP contribution in [0.2, 0.25) is 0 Å². The van der Waals surface area contributed by atoms with Crippen LogP contribution in [0.5, 0.6) is 0 Å². The Morgan fingerprint density at radius 3 is 3.50 bits per heavy atom. The maximum Gasteiger partial charge on any atom is 0.338 e. The monoisotopic (exact) mass is 234 g/mol. The molecule has 0 amide bonds. The third-order valence-corrected chi connectivity index (χ3v) is 1.54. The number of hydrogen-bond acceptors (Lipinski definition) is 3. The highest BCUT2D eigenvalue weighted by atomic mass is 79.9. The van der Waals surface area contributed by atoms with Crippen LogP contribution < -0.4 is 0 Å². The smallest absolute Gasteiger partial charge is 0.338 e. The van der Waals surface area contributed by atoms with Gasteiger partial charge in [-0.25, -0.2) is 9.78 Å². The second-order valence-corrected chi connectivity index (χ2v) is 2.67. The van der Waals surface area contributed by atoms with Gasteiger partial charge >= 0.3 is 5.97 Å². The molecule has 0 aliphatic heterocycles. The number of rotatable bonds is 2. The Bertz CT molecular complexity index is 434. The molecule has 64 valence electrons. The summed E-state index contributed by atoms with van der Waals surface area (Å²) in [5.74, 6) is -1.06. The molecule has 1 rings (SSSR count). The number of carbonyl (C=O) groups is 1. The second kappa shape index (κ2) is 4.21. The van der Waals surface area contributed by atoms with E-state index in [0.29, 0.717) is 4.60 Å². The first kappa shape index (κ1) is 4.37. The number of halogens is 1. The molecule has 0 atom stereocenters. The van der Waals surface area contributed by atoms with Crippen molar-refractivity contribution in [1.29, 1.82) is 0 Å². The van der Waals surface area contributed by atoms with Crippen LogP contribution in [0, 0.1) is 0 Å². The van der Waals surface area contributed by atoms with Crippen LogP contribution in [0.15, 0.2) is 22.9 Å². The minimum atomic E-state index is -3.03. The highest BCUT2D eigenvalue weighted by Crippen LogP contribution is 2.08. The highest BCUT2D eigenvalue weighted by Gasteiger charge is 2.05. The second-order valence-electron chi connectivity index (χ2n) is 1.86. The molecule has 3 nitrogen and oxygen atoms in total. The summed E-state index contributed by atoms with van der Waals surface area (Å²) in [6, 6.07) is 2.60. The maximum atomic E-state index is 11.5.